The summed E-state index contributed by atoms with van der Waals surface area (Å²) in [5, 5.41) is 5.78. The highest BCUT2D eigenvalue weighted by atomic mass is 35.5. The minimum Gasteiger partial charge on any atom is -0.328 e. The van der Waals surface area contributed by atoms with E-state index < -0.39 is 0 Å². The average molecular weight is 312 g/mol. The molecular weight excluding hydrogens is 294 g/mol. The van der Waals surface area contributed by atoms with Crippen LogP contribution in [0.1, 0.15) is 19.8 Å². The average Bonchev–Trinajstić information content (AvgIpc) is 2.91. The Bertz CT molecular complexity index is 526. The first-order valence-electron chi connectivity index (χ1n) is 6.20. The Hall–Kier alpha value is -1.43. The van der Waals surface area contributed by atoms with Gasteiger partial charge in [0.15, 0.2) is 0 Å². The first-order chi connectivity index (χ1) is 9.15. The lowest BCUT2D eigenvalue weighted by atomic mass is 10.2. The molecule has 0 radical (unpaired) electrons. The van der Waals surface area contributed by atoms with Crippen molar-refractivity contribution in [2.75, 3.05) is 5.32 Å². The molecule has 0 aliphatic rings. The molecule has 2 aromatic rings. The number of hydrogen-bond donors (Lipinski definition) is 2. The van der Waals surface area contributed by atoms with Crippen molar-refractivity contribution in [3.05, 3.63) is 35.8 Å². The van der Waals surface area contributed by atoms with Crippen LogP contribution >= 0.6 is 23.7 Å². The minimum absolute atomic E-state index is 0. The van der Waals surface area contributed by atoms with Gasteiger partial charge < -0.3 is 11.1 Å². The van der Waals surface area contributed by atoms with Crippen molar-refractivity contribution in [2.45, 2.75) is 25.8 Å². The van der Waals surface area contributed by atoms with E-state index in [2.05, 4.69) is 10.3 Å². The van der Waals surface area contributed by atoms with Gasteiger partial charge in [0.25, 0.3) is 0 Å². The largest absolute Gasteiger partial charge is 0.328 e. The van der Waals surface area contributed by atoms with Crippen molar-refractivity contribution in [1.29, 1.82) is 0 Å². The first-order valence-corrected chi connectivity index (χ1v) is 7.08. The fourth-order valence-electron chi connectivity index (χ4n) is 1.64. The number of aromatic nitrogens is 1. The predicted octanol–water partition coefficient (Wildman–Crippen LogP) is 3.30. The number of amides is 1. The molecule has 0 spiro atoms. The first kappa shape index (κ1) is 16.6. The van der Waals surface area contributed by atoms with Crippen LogP contribution in [0.15, 0.2) is 35.8 Å². The third-order valence-electron chi connectivity index (χ3n) is 2.67. The maximum absolute atomic E-state index is 11.7. The van der Waals surface area contributed by atoms with Crippen LogP contribution in [0.25, 0.3) is 10.6 Å². The van der Waals surface area contributed by atoms with Crippen LogP contribution in [0.2, 0.25) is 0 Å². The lowest BCUT2D eigenvalue weighted by molar-refractivity contribution is -0.116. The van der Waals surface area contributed by atoms with Crippen LogP contribution in [0.4, 0.5) is 5.69 Å². The van der Waals surface area contributed by atoms with Crippen LogP contribution in [-0.4, -0.2) is 16.9 Å². The molecule has 1 atom stereocenters. The third kappa shape index (κ3) is 4.92. The van der Waals surface area contributed by atoms with E-state index in [1.54, 1.807) is 17.5 Å². The SMILES string of the molecule is CC(N)CCC(=O)Nc1ccc(-c2nccs2)cc1.Cl. The van der Waals surface area contributed by atoms with Gasteiger partial charge in [0.1, 0.15) is 5.01 Å². The summed E-state index contributed by atoms with van der Waals surface area (Å²) in [6.07, 6.45) is 2.93. The fraction of sp³-hybridized carbons (Fsp3) is 0.286. The van der Waals surface area contributed by atoms with E-state index in [4.69, 9.17) is 5.73 Å². The summed E-state index contributed by atoms with van der Waals surface area (Å²) in [4.78, 5) is 15.9. The van der Waals surface area contributed by atoms with E-state index in [-0.39, 0.29) is 24.4 Å². The molecule has 108 valence electrons. The highest BCUT2D eigenvalue weighted by molar-refractivity contribution is 7.13. The summed E-state index contributed by atoms with van der Waals surface area (Å²) in [7, 11) is 0. The van der Waals surface area contributed by atoms with Gasteiger partial charge in [0, 0.05) is 35.3 Å². The molecule has 1 aromatic carbocycles. The third-order valence-corrected chi connectivity index (χ3v) is 3.50. The summed E-state index contributed by atoms with van der Waals surface area (Å²) >= 11 is 1.59. The summed E-state index contributed by atoms with van der Waals surface area (Å²) < 4.78 is 0. The number of nitrogens with zero attached hydrogens (tertiary/aromatic N) is 1. The van der Waals surface area contributed by atoms with Gasteiger partial charge in [-0.2, -0.15) is 0 Å². The van der Waals surface area contributed by atoms with E-state index in [1.807, 2.05) is 36.6 Å². The van der Waals surface area contributed by atoms with E-state index in [0.717, 1.165) is 16.3 Å². The molecule has 1 unspecified atom stereocenters. The van der Waals surface area contributed by atoms with Gasteiger partial charge in [-0.05, 0) is 37.6 Å². The number of hydrogen-bond acceptors (Lipinski definition) is 4. The summed E-state index contributed by atoms with van der Waals surface area (Å²) in [5.41, 5.74) is 7.48. The van der Waals surface area contributed by atoms with Gasteiger partial charge in [-0.25, -0.2) is 4.98 Å². The number of anilines is 1. The molecule has 0 fully saturated rings. The van der Waals surface area contributed by atoms with Crippen LogP contribution in [0, 0.1) is 0 Å². The molecule has 1 heterocycles. The fourth-order valence-corrected chi connectivity index (χ4v) is 2.29. The Morgan fingerprint density at radius 2 is 2.10 bits per heavy atom. The Balaban J connectivity index is 0.00000200. The molecular formula is C14H18ClN3OS. The minimum atomic E-state index is -0.000649. The molecule has 0 saturated heterocycles. The molecule has 0 bridgehead atoms. The van der Waals surface area contributed by atoms with Crippen LogP contribution < -0.4 is 11.1 Å². The predicted molar refractivity (Wildman–Crippen MR) is 86.3 cm³/mol. The van der Waals surface area contributed by atoms with Crippen molar-refractivity contribution >= 4 is 35.3 Å². The van der Waals surface area contributed by atoms with Gasteiger partial charge >= 0.3 is 0 Å². The van der Waals surface area contributed by atoms with Crippen molar-refractivity contribution in [3.8, 4) is 10.6 Å². The number of carbonyl (C=O) groups excluding carboxylic acids is 1. The monoisotopic (exact) mass is 311 g/mol. The Kier molecular flexibility index (Phi) is 6.64. The smallest absolute Gasteiger partial charge is 0.224 e. The Morgan fingerprint density at radius 1 is 1.40 bits per heavy atom. The van der Waals surface area contributed by atoms with Crippen molar-refractivity contribution in [1.82, 2.24) is 4.98 Å². The second-order valence-electron chi connectivity index (χ2n) is 4.48. The van der Waals surface area contributed by atoms with Crippen LogP contribution in [0.5, 0.6) is 0 Å². The van der Waals surface area contributed by atoms with Crippen molar-refractivity contribution in [2.24, 2.45) is 5.73 Å². The zero-order valence-electron chi connectivity index (χ0n) is 11.2. The zero-order valence-corrected chi connectivity index (χ0v) is 12.8. The molecule has 20 heavy (non-hydrogen) atoms. The Morgan fingerprint density at radius 3 is 2.65 bits per heavy atom. The molecule has 1 aromatic heterocycles. The molecule has 0 saturated carbocycles. The van der Waals surface area contributed by atoms with E-state index in [0.29, 0.717) is 12.8 Å². The van der Waals surface area contributed by atoms with Crippen LogP contribution in [0.3, 0.4) is 0 Å². The molecule has 1 amide bonds. The van der Waals surface area contributed by atoms with Gasteiger partial charge in [-0.15, -0.1) is 23.7 Å². The lowest BCUT2D eigenvalue weighted by Crippen LogP contribution is -2.19. The molecule has 0 aliphatic heterocycles. The number of nitrogens with one attached hydrogen (secondary N) is 1. The number of benzene rings is 1. The van der Waals surface area contributed by atoms with Crippen molar-refractivity contribution < 1.29 is 4.79 Å². The van der Waals surface area contributed by atoms with Gasteiger partial charge in [0.2, 0.25) is 5.91 Å². The topological polar surface area (TPSA) is 68.0 Å². The second kappa shape index (κ2) is 7.99. The lowest BCUT2D eigenvalue weighted by Gasteiger charge is -2.07. The standard InChI is InChI=1S/C14H17N3OS.ClH/c1-10(15)2-7-13(18)17-12-5-3-11(4-6-12)14-16-8-9-19-14;/h3-6,8-10H,2,7,15H2,1H3,(H,17,18);1H. The highest BCUT2D eigenvalue weighted by Gasteiger charge is 2.05. The van der Waals surface area contributed by atoms with E-state index in [9.17, 15) is 4.79 Å². The molecule has 0 aliphatic carbocycles. The molecule has 3 N–H and O–H groups in total. The maximum Gasteiger partial charge on any atom is 0.224 e. The summed E-state index contributed by atoms with van der Waals surface area (Å²) in [6, 6.07) is 7.75. The maximum atomic E-state index is 11.7. The molecule has 2 rings (SSSR count). The molecule has 4 nitrogen and oxygen atoms in total. The Labute approximate surface area is 128 Å². The number of thiazole rings is 1. The van der Waals surface area contributed by atoms with Crippen LogP contribution in [-0.2, 0) is 4.79 Å². The highest BCUT2D eigenvalue weighted by Crippen LogP contribution is 2.23. The zero-order chi connectivity index (χ0) is 13.7. The van der Waals surface area contributed by atoms with E-state index in [1.165, 1.54) is 0 Å². The number of rotatable bonds is 5. The summed E-state index contributed by atoms with van der Waals surface area (Å²) in [5.74, 6) is -0.000649. The van der Waals surface area contributed by atoms with Gasteiger partial charge in [-0.3, -0.25) is 4.79 Å². The number of halogens is 1. The number of carbonyl (C=O) groups is 1. The van der Waals surface area contributed by atoms with E-state index >= 15 is 0 Å². The second-order valence-corrected chi connectivity index (χ2v) is 5.37. The summed E-state index contributed by atoms with van der Waals surface area (Å²) in [6.45, 7) is 1.90. The number of nitrogens with two attached hydrogens (primary N) is 1. The van der Waals surface area contributed by atoms with Gasteiger partial charge in [-0.1, -0.05) is 0 Å². The quantitative estimate of drug-likeness (QED) is 0.890. The normalized spacial score (nSPS) is 11.5. The molecule has 6 heteroatoms. The van der Waals surface area contributed by atoms with Gasteiger partial charge in [0.05, 0.1) is 0 Å². The van der Waals surface area contributed by atoms with Crippen molar-refractivity contribution in [3.63, 3.8) is 0 Å².